The van der Waals surface area contributed by atoms with Gasteiger partial charge in [-0.3, -0.25) is 4.68 Å². The van der Waals surface area contributed by atoms with Gasteiger partial charge < -0.3 is 5.32 Å². The number of aryl methyl sites for hydroxylation is 2. The Bertz CT molecular complexity index is 528. The molecule has 1 atom stereocenters. The van der Waals surface area contributed by atoms with E-state index in [-0.39, 0.29) is 6.04 Å². The molecule has 0 saturated carbocycles. The first kappa shape index (κ1) is 14.1. The van der Waals surface area contributed by atoms with Crippen LogP contribution in [0.25, 0.3) is 0 Å². The summed E-state index contributed by atoms with van der Waals surface area (Å²) in [6.07, 6.45) is 2.84. The highest BCUT2D eigenvalue weighted by atomic mass is 35.5. The number of hydrogen-bond donors (Lipinski definition) is 1. The number of halogens is 1. The van der Waals surface area contributed by atoms with E-state index in [2.05, 4.69) is 36.4 Å². The summed E-state index contributed by atoms with van der Waals surface area (Å²) in [5, 5.41) is 8.74. The monoisotopic (exact) mass is 277 g/mol. The SMILES string of the molecule is CCNC(Cc1ccn(C)n1)c1cc(C)cc(Cl)c1. The van der Waals surface area contributed by atoms with Crippen molar-refractivity contribution in [2.24, 2.45) is 7.05 Å². The molecule has 0 bridgehead atoms. The second-order valence-electron chi connectivity index (χ2n) is 4.86. The smallest absolute Gasteiger partial charge is 0.0643 e. The van der Waals surface area contributed by atoms with E-state index in [0.29, 0.717) is 0 Å². The highest BCUT2D eigenvalue weighted by molar-refractivity contribution is 6.30. The third-order valence-electron chi connectivity index (χ3n) is 3.10. The highest BCUT2D eigenvalue weighted by Crippen LogP contribution is 2.23. The van der Waals surface area contributed by atoms with E-state index < -0.39 is 0 Å². The van der Waals surface area contributed by atoms with Gasteiger partial charge in [-0.15, -0.1) is 0 Å². The van der Waals surface area contributed by atoms with Gasteiger partial charge in [0, 0.05) is 30.7 Å². The molecule has 1 heterocycles. The maximum atomic E-state index is 6.15. The Morgan fingerprint density at radius 2 is 2.16 bits per heavy atom. The summed E-state index contributed by atoms with van der Waals surface area (Å²) >= 11 is 6.15. The van der Waals surface area contributed by atoms with Crippen molar-refractivity contribution < 1.29 is 0 Å². The van der Waals surface area contributed by atoms with E-state index >= 15 is 0 Å². The highest BCUT2D eigenvalue weighted by Gasteiger charge is 2.13. The van der Waals surface area contributed by atoms with Crippen molar-refractivity contribution in [3.63, 3.8) is 0 Å². The number of rotatable bonds is 5. The van der Waals surface area contributed by atoms with Crippen LogP contribution in [0.1, 0.15) is 29.8 Å². The van der Waals surface area contributed by atoms with Crippen LogP contribution in [0.5, 0.6) is 0 Å². The van der Waals surface area contributed by atoms with Gasteiger partial charge >= 0.3 is 0 Å². The van der Waals surface area contributed by atoms with E-state index in [9.17, 15) is 0 Å². The molecule has 19 heavy (non-hydrogen) atoms. The molecule has 0 aliphatic carbocycles. The summed E-state index contributed by atoms with van der Waals surface area (Å²) in [5.74, 6) is 0. The molecule has 1 N–H and O–H groups in total. The van der Waals surface area contributed by atoms with Crippen LogP contribution in [0.4, 0.5) is 0 Å². The molecule has 0 radical (unpaired) electrons. The Balaban J connectivity index is 2.23. The van der Waals surface area contributed by atoms with Gasteiger partial charge in [-0.05, 0) is 42.8 Å². The predicted molar refractivity (Wildman–Crippen MR) is 79.5 cm³/mol. The molecule has 0 aliphatic rings. The minimum Gasteiger partial charge on any atom is -0.310 e. The lowest BCUT2D eigenvalue weighted by Gasteiger charge is -2.18. The third-order valence-corrected chi connectivity index (χ3v) is 3.32. The minimum atomic E-state index is 0.247. The first-order chi connectivity index (χ1) is 9.08. The Hall–Kier alpha value is -1.32. The molecule has 0 aliphatic heterocycles. The first-order valence-corrected chi connectivity index (χ1v) is 6.95. The molecule has 0 amide bonds. The maximum absolute atomic E-state index is 6.15. The molecule has 1 unspecified atom stereocenters. The fourth-order valence-corrected chi connectivity index (χ4v) is 2.60. The Morgan fingerprint density at radius 3 is 2.74 bits per heavy atom. The van der Waals surface area contributed by atoms with Crippen LogP contribution in [0.15, 0.2) is 30.5 Å². The minimum absolute atomic E-state index is 0.247. The summed E-state index contributed by atoms with van der Waals surface area (Å²) in [6, 6.07) is 8.50. The molecule has 1 aromatic heterocycles. The van der Waals surface area contributed by atoms with E-state index in [1.165, 1.54) is 11.1 Å². The molecule has 2 rings (SSSR count). The topological polar surface area (TPSA) is 29.9 Å². The van der Waals surface area contributed by atoms with Gasteiger partial charge in [0.05, 0.1) is 5.69 Å². The van der Waals surface area contributed by atoms with E-state index in [1.807, 2.05) is 30.1 Å². The first-order valence-electron chi connectivity index (χ1n) is 6.57. The molecular formula is C15H20ClN3. The molecule has 2 aromatic rings. The lowest BCUT2D eigenvalue weighted by molar-refractivity contribution is 0.539. The molecule has 0 fully saturated rings. The zero-order valence-corrected chi connectivity index (χ0v) is 12.4. The normalized spacial score (nSPS) is 12.6. The van der Waals surface area contributed by atoms with Crippen LogP contribution in [-0.2, 0) is 13.5 Å². The van der Waals surface area contributed by atoms with Crippen molar-refractivity contribution in [3.8, 4) is 0 Å². The Labute approximate surface area is 119 Å². The van der Waals surface area contributed by atoms with Crippen LogP contribution < -0.4 is 5.32 Å². The Kier molecular flexibility index (Phi) is 4.61. The third kappa shape index (κ3) is 3.82. The lowest BCUT2D eigenvalue weighted by atomic mass is 10.00. The fraction of sp³-hybridized carbons (Fsp3) is 0.400. The van der Waals surface area contributed by atoms with Gasteiger partial charge in [-0.25, -0.2) is 0 Å². The molecule has 1 aromatic carbocycles. The number of aromatic nitrogens is 2. The summed E-state index contributed by atoms with van der Waals surface area (Å²) in [4.78, 5) is 0. The molecule has 0 saturated heterocycles. The summed E-state index contributed by atoms with van der Waals surface area (Å²) < 4.78 is 1.83. The fourth-order valence-electron chi connectivity index (χ4n) is 2.30. The van der Waals surface area contributed by atoms with E-state index in [1.54, 1.807) is 0 Å². The second-order valence-corrected chi connectivity index (χ2v) is 5.29. The second kappa shape index (κ2) is 6.22. The molecule has 0 spiro atoms. The largest absolute Gasteiger partial charge is 0.310 e. The van der Waals surface area contributed by atoms with Crippen LogP contribution in [0.3, 0.4) is 0 Å². The van der Waals surface area contributed by atoms with Crippen molar-refractivity contribution >= 4 is 11.6 Å². The molecule has 102 valence electrons. The standard InChI is InChI=1S/C15H20ClN3/c1-4-17-15(10-14-5-6-19(3)18-14)12-7-11(2)8-13(16)9-12/h5-9,15,17H,4,10H2,1-3H3. The van der Waals surface area contributed by atoms with Gasteiger partial charge in [-0.2, -0.15) is 5.10 Å². The number of nitrogens with one attached hydrogen (secondary N) is 1. The molecule has 4 heteroatoms. The van der Waals surface area contributed by atoms with E-state index in [0.717, 1.165) is 23.7 Å². The van der Waals surface area contributed by atoms with Gasteiger partial charge in [0.1, 0.15) is 0 Å². The molecular weight excluding hydrogens is 258 g/mol. The van der Waals surface area contributed by atoms with E-state index in [4.69, 9.17) is 11.6 Å². The number of hydrogen-bond acceptors (Lipinski definition) is 2. The van der Waals surface area contributed by atoms with Crippen molar-refractivity contribution in [1.82, 2.24) is 15.1 Å². The van der Waals surface area contributed by atoms with Gasteiger partial charge in [0.2, 0.25) is 0 Å². The summed E-state index contributed by atoms with van der Waals surface area (Å²) in [7, 11) is 1.94. The van der Waals surface area contributed by atoms with Crippen LogP contribution >= 0.6 is 11.6 Å². The lowest BCUT2D eigenvalue weighted by Crippen LogP contribution is -2.23. The van der Waals surface area contributed by atoms with Crippen molar-refractivity contribution in [2.75, 3.05) is 6.54 Å². The average Bonchev–Trinajstić information content (AvgIpc) is 2.73. The van der Waals surface area contributed by atoms with Crippen LogP contribution in [0.2, 0.25) is 5.02 Å². The zero-order chi connectivity index (χ0) is 13.8. The van der Waals surface area contributed by atoms with Crippen molar-refractivity contribution in [2.45, 2.75) is 26.3 Å². The predicted octanol–water partition coefficient (Wildman–Crippen LogP) is 3.28. The maximum Gasteiger partial charge on any atom is 0.0643 e. The van der Waals surface area contributed by atoms with Gasteiger partial charge in [-0.1, -0.05) is 24.6 Å². The Morgan fingerprint density at radius 1 is 1.37 bits per heavy atom. The van der Waals surface area contributed by atoms with Gasteiger partial charge in [0.15, 0.2) is 0 Å². The average molecular weight is 278 g/mol. The summed E-state index contributed by atoms with van der Waals surface area (Å²) in [5.41, 5.74) is 3.50. The van der Waals surface area contributed by atoms with Crippen molar-refractivity contribution in [3.05, 3.63) is 52.3 Å². The van der Waals surface area contributed by atoms with Crippen LogP contribution in [0, 0.1) is 6.92 Å². The van der Waals surface area contributed by atoms with Crippen LogP contribution in [-0.4, -0.2) is 16.3 Å². The zero-order valence-electron chi connectivity index (χ0n) is 11.7. The van der Waals surface area contributed by atoms with Gasteiger partial charge in [0.25, 0.3) is 0 Å². The quantitative estimate of drug-likeness (QED) is 0.909. The number of likely N-dealkylation sites (N-methyl/N-ethyl adjacent to an activating group) is 1. The molecule has 3 nitrogen and oxygen atoms in total. The summed E-state index contributed by atoms with van der Waals surface area (Å²) in [6.45, 7) is 5.10. The number of nitrogens with zero attached hydrogens (tertiary/aromatic N) is 2. The van der Waals surface area contributed by atoms with Crippen molar-refractivity contribution in [1.29, 1.82) is 0 Å². The number of benzene rings is 1.